The van der Waals surface area contributed by atoms with Gasteiger partial charge in [-0.3, -0.25) is 0 Å². The van der Waals surface area contributed by atoms with Crippen molar-refractivity contribution in [2.75, 3.05) is 6.61 Å². The van der Waals surface area contributed by atoms with Gasteiger partial charge in [0.05, 0.1) is 12.0 Å². The Morgan fingerprint density at radius 3 is 2.94 bits per heavy atom. The minimum Gasteiger partial charge on any atom is -0.377 e. The maximum Gasteiger partial charge on any atom is 0.213 e. The second-order valence-electron chi connectivity index (χ2n) is 3.83. The Bertz CT molecular complexity index is 554. The van der Waals surface area contributed by atoms with Crippen LogP contribution in [0.4, 0.5) is 0 Å². The fourth-order valence-electron chi connectivity index (χ4n) is 1.94. The standard InChI is InChI=1S/C15H16NO/c1-3-10-16-11-6-8-14-13(12-17-4-2)7-5-9-15(14)16/h1,5-9,11H,4,10,12H2,2H3/q+1. The summed E-state index contributed by atoms with van der Waals surface area (Å²) in [7, 11) is 0. The molecular weight excluding hydrogens is 210 g/mol. The highest BCUT2D eigenvalue weighted by atomic mass is 16.5. The van der Waals surface area contributed by atoms with Gasteiger partial charge in [-0.05, 0) is 24.5 Å². The third-order valence-electron chi connectivity index (χ3n) is 2.74. The highest BCUT2D eigenvalue weighted by molar-refractivity contribution is 5.79. The van der Waals surface area contributed by atoms with E-state index in [2.05, 4.69) is 28.7 Å². The van der Waals surface area contributed by atoms with Crippen LogP contribution in [0.15, 0.2) is 36.5 Å². The first-order chi connectivity index (χ1) is 8.36. The van der Waals surface area contributed by atoms with Crippen LogP contribution in [0.25, 0.3) is 10.9 Å². The van der Waals surface area contributed by atoms with Crippen molar-refractivity contribution >= 4 is 10.9 Å². The maximum atomic E-state index is 5.48. The number of ether oxygens (including phenoxy) is 1. The molecule has 1 heterocycles. The molecule has 0 amide bonds. The number of hydrogen-bond donors (Lipinski definition) is 0. The Kier molecular flexibility index (Phi) is 3.74. The number of rotatable bonds is 4. The molecule has 0 atom stereocenters. The minimum absolute atomic E-state index is 0.593. The van der Waals surface area contributed by atoms with E-state index in [1.807, 2.05) is 25.3 Å². The van der Waals surface area contributed by atoms with E-state index in [9.17, 15) is 0 Å². The van der Waals surface area contributed by atoms with Gasteiger partial charge in [0.25, 0.3) is 0 Å². The summed E-state index contributed by atoms with van der Waals surface area (Å²) in [5.41, 5.74) is 2.36. The van der Waals surface area contributed by atoms with Crippen LogP contribution in [0.5, 0.6) is 0 Å². The molecule has 1 aromatic heterocycles. The van der Waals surface area contributed by atoms with Crippen LogP contribution >= 0.6 is 0 Å². The number of hydrogen-bond acceptors (Lipinski definition) is 1. The third-order valence-corrected chi connectivity index (χ3v) is 2.74. The van der Waals surface area contributed by atoms with Gasteiger partial charge < -0.3 is 4.74 Å². The molecular formula is C15H16NO+. The van der Waals surface area contributed by atoms with Crippen LogP contribution in [0, 0.1) is 12.3 Å². The van der Waals surface area contributed by atoms with Crippen molar-refractivity contribution in [3.63, 3.8) is 0 Å². The Balaban J connectivity index is 2.50. The normalized spacial score (nSPS) is 10.4. The number of nitrogens with zero attached hydrogens (tertiary/aromatic N) is 1. The fraction of sp³-hybridized carbons (Fsp3) is 0.267. The predicted molar refractivity (Wildman–Crippen MR) is 68.3 cm³/mol. The van der Waals surface area contributed by atoms with E-state index < -0.39 is 0 Å². The van der Waals surface area contributed by atoms with Crippen molar-refractivity contribution in [2.45, 2.75) is 20.1 Å². The lowest BCUT2D eigenvalue weighted by Crippen LogP contribution is -2.33. The van der Waals surface area contributed by atoms with Gasteiger partial charge in [-0.15, -0.1) is 6.42 Å². The quantitative estimate of drug-likeness (QED) is 0.576. The Labute approximate surface area is 102 Å². The molecule has 0 saturated heterocycles. The first-order valence-corrected chi connectivity index (χ1v) is 5.78. The Morgan fingerprint density at radius 2 is 2.18 bits per heavy atom. The molecule has 2 rings (SSSR count). The Hall–Kier alpha value is -1.85. The molecule has 17 heavy (non-hydrogen) atoms. The number of benzene rings is 1. The molecule has 0 N–H and O–H groups in total. The van der Waals surface area contributed by atoms with Crippen LogP contribution in [-0.2, 0) is 17.9 Å². The first-order valence-electron chi connectivity index (χ1n) is 5.78. The summed E-state index contributed by atoms with van der Waals surface area (Å²) >= 11 is 0. The molecule has 2 heteroatoms. The Morgan fingerprint density at radius 1 is 1.29 bits per heavy atom. The van der Waals surface area contributed by atoms with E-state index in [4.69, 9.17) is 11.2 Å². The molecule has 0 unspecified atom stereocenters. The fourth-order valence-corrected chi connectivity index (χ4v) is 1.94. The second-order valence-corrected chi connectivity index (χ2v) is 3.83. The zero-order chi connectivity index (χ0) is 12.1. The molecule has 2 aromatic rings. The van der Waals surface area contributed by atoms with Gasteiger partial charge in [-0.25, -0.2) is 0 Å². The van der Waals surface area contributed by atoms with Crippen molar-refractivity contribution < 1.29 is 9.30 Å². The van der Waals surface area contributed by atoms with E-state index in [0.29, 0.717) is 13.2 Å². The average molecular weight is 226 g/mol. The minimum atomic E-state index is 0.593. The molecule has 0 radical (unpaired) electrons. The SMILES string of the molecule is C#CC[n+]1cccc2c(COCC)cccc21. The molecule has 0 aliphatic carbocycles. The van der Waals surface area contributed by atoms with E-state index in [-0.39, 0.29) is 0 Å². The van der Waals surface area contributed by atoms with Crippen molar-refractivity contribution in [1.82, 2.24) is 0 Å². The smallest absolute Gasteiger partial charge is 0.213 e. The van der Waals surface area contributed by atoms with Gasteiger partial charge in [0.15, 0.2) is 6.20 Å². The summed E-state index contributed by atoms with van der Waals surface area (Å²) in [5, 5.41) is 1.21. The number of terminal acetylenes is 1. The summed E-state index contributed by atoms with van der Waals surface area (Å²) in [4.78, 5) is 0. The van der Waals surface area contributed by atoms with Gasteiger partial charge in [-0.1, -0.05) is 12.1 Å². The maximum absolute atomic E-state index is 5.48. The van der Waals surface area contributed by atoms with Crippen molar-refractivity contribution in [3.05, 3.63) is 42.1 Å². The van der Waals surface area contributed by atoms with Crippen LogP contribution in [0.1, 0.15) is 12.5 Å². The van der Waals surface area contributed by atoms with E-state index in [0.717, 1.165) is 12.1 Å². The van der Waals surface area contributed by atoms with Crippen LogP contribution < -0.4 is 4.57 Å². The van der Waals surface area contributed by atoms with E-state index >= 15 is 0 Å². The topological polar surface area (TPSA) is 13.1 Å². The lowest BCUT2D eigenvalue weighted by Gasteiger charge is -2.05. The lowest BCUT2D eigenvalue weighted by atomic mass is 10.1. The molecule has 0 fully saturated rings. The summed E-state index contributed by atoms with van der Waals surface area (Å²) < 4.78 is 7.55. The first kappa shape index (κ1) is 11.6. The van der Waals surface area contributed by atoms with Gasteiger partial charge in [-0.2, -0.15) is 4.57 Å². The molecule has 0 saturated carbocycles. The number of aromatic nitrogens is 1. The predicted octanol–water partition coefficient (Wildman–Crippen LogP) is 2.30. The van der Waals surface area contributed by atoms with Gasteiger partial charge in [0.2, 0.25) is 12.1 Å². The van der Waals surface area contributed by atoms with E-state index in [1.54, 1.807) is 0 Å². The largest absolute Gasteiger partial charge is 0.377 e. The summed E-state index contributed by atoms with van der Waals surface area (Å²) in [5.74, 6) is 2.67. The zero-order valence-electron chi connectivity index (χ0n) is 10.0. The summed E-state index contributed by atoms with van der Waals surface area (Å²) in [6.07, 6.45) is 7.38. The molecule has 1 aromatic carbocycles. The molecule has 2 nitrogen and oxygen atoms in total. The summed E-state index contributed by atoms with van der Waals surface area (Å²) in [6.45, 7) is 3.97. The van der Waals surface area contributed by atoms with Gasteiger partial charge >= 0.3 is 0 Å². The van der Waals surface area contributed by atoms with Crippen LogP contribution in [-0.4, -0.2) is 6.61 Å². The zero-order valence-corrected chi connectivity index (χ0v) is 10.0. The molecule has 0 spiro atoms. The lowest BCUT2D eigenvalue weighted by molar-refractivity contribution is -0.658. The van der Waals surface area contributed by atoms with Crippen LogP contribution in [0.2, 0.25) is 0 Å². The highest BCUT2D eigenvalue weighted by Crippen LogP contribution is 2.16. The monoisotopic (exact) mass is 226 g/mol. The third kappa shape index (κ3) is 2.46. The van der Waals surface area contributed by atoms with Crippen molar-refractivity contribution in [1.29, 1.82) is 0 Å². The van der Waals surface area contributed by atoms with Crippen LogP contribution in [0.3, 0.4) is 0 Å². The molecule has 0 aliphatic rings. The number of fused-ring (bicyclic) bond motifs is 1. The van der Waals surface area contributed by atoms with Gasteiger partial charge in [0, 0.05) is 18.7 Å². The molecule has 0 aliphatic heterocycles. The summed E-state index contributed by atoms with van der Waals surface area (Å²) in [6, 6.07) is 10.4. The molecule has 86 valence electrons. The van der Waals surface area contributed by atoms with E-state index in [1.165, 1.54) is 10.9 Å². The van der Waals surface area contributed by atoms with Crippen molar-refractivity contribution in [2.24, 2.45) is 0 Å². The van der Waals surface area contributed by atoms with Gasteiger partial charge in [0.1, 0.15) is 0 Å². The number of pyridine rings is 1. The average Bonchev–Trinajstić information content (AvgIpc) is 2.37. The second kappa shape index (κ2) is 5.47. The molecule has 0 bridgehead atoms. The van der Waals surface area contributed by atoms with Crippen molar-refractivity contribution in [3.8, 4) is 12.3 Å². The highest BCUT2D eigenvalue weighted by Gasteiger charge is 2.09.